The molecule has 1 atom stereocenters. The van der Waals surface area contributed by atoms with Gasteiger partial charge in [-0.3, -0.25) is 4.79 Å². The zero-order valence-electron chi connectivity index (χ0n) is 12.2. The first-order valence-corrected chi connectivity index (χ1v) is 7.94. The second-order valence-electron chi connectivity index (χ2n) is 4.49. The average Bonchev–Trinajstić information content (AvgIpc) is 2.47. The van der Waals surface area contributed by atoms with Crippen molar-refractivity contribution < 1.29 is 22.7 Å². The lowest BCUT2D eigenvalue weighted by Crippen LogP contribution is -2.25. The summed E-state index contributed by atoms with van der Waals surface area (Å²) in [7, 11) is -3.72. The van der Waals surface area contributed by atoms with Gasteiger partial charge < -0.3 is 4.74 Å². The van der Waals surface area contributed by atoms with Gasteiger partial charge >= 0.3 is 5.97 Å². The zero-order valence-corrected chi connectivity index (χ0v) is 13.0. The molecule has 0 spiro atoms. The first kappa shape index (κ1) is 17.8. The van der Waals surface area contributed by atoms with Crippen molar-refractivity contribution in [3.8, 4) is 6.07 Å². The highest BCUT2D eigenvalue weighted by atomic mass is 32.2. The fourth-order valence-electron chi connectivity index (χ4n) is 1.41. The van der Waals surface area contributed by atoms with E-state index in [1.165, 1.54) is 38.1 Å². The number of benzene rings is 1. The van der Waals surface area contributed by atoms with E-state index in [1.54, 1.807) is 0 Å². The van der Waals surface area contributed by atoms with Gasteiger partial charge in [-0.2, -0.15) is 5.26 Å². The normalized spacial score (nSPS) is 12.2. The number of hydrogen-bond acceptors (Lipinski definition) is 6. The van der Waals surface area contributed by atoms with Gasteiger partial charge in [-0.05, 0) is 38.1 Å². The van der Waals surface area contributed by atoms with Gasteiger partial charge in [0.2, 0.25) is 10.0 Å². The molecule has 0 aliphatic carbocycles. The molecule has 7 nitrogen and oxygen atoms in total. The number of sulfonamides is 1. The van der Waals surface area contributed by atoms with Gasteiger partial charge in [0.25, 0.3) is 0 Å². The second kappa shape index (κ2) is 7.68. The maximum atomic E-state index is 11.9. The Hall–Kier alpha value is -2.24. The second-order valence-corrected chi connectivity index (χ2v) is 6.26. The van der Waals surface area contributed by atoms with Crippen LogP contribution in [0.1, 0.15) is 30.6 Å². The number of nitrogens with one attached hydrogen (secondary N) is 1. The Morgan fingerprint density at radius 1 is 1.32 bits per heavy atom. The van der Waals surface area contributed by atoms with E-state index in [0.29, 0.717) is 0 Å². The third-order valence-corrected chi connectivity index (χ3v) is 4.26. The molecule has 1 aromatic rings. The molecule has 1 rings (SSSR count). The van der Waals surface area contributed by atoms with Gasteiger partial charge in [0.1, 0.15) is 0 Å². The van der Waals surface area contributed by atoms with E-state index in [9.17, 15) is 18.0 Å². The van der Waals surface area contributed by atoms with Crippen molar-refractivity contribution in [3.05, 3.63) is 29.8 Å². The molecule has 0 aliphatic rings. The number of rotatable bonds is 7. The smallest absolute Gasteiger partial charge is 0.338 e. The number of ketones is 1. The van der Waals surface area contributed by atoms with Crippen LogP contribution >= 0.6 is 0 Å². The SMILES string of the molecule is CC(=O)[C@H](C)OC(=O)c1ccc(S(=O)(=O)NCCC#N)cc1. The van der Waals surface area contributed by atoms with Gasteiger partial charge in [0, 0.05) is 13.0 Å². The van der Waals surface area contributed by atoms with E-state index in [-0.39, 0.29) is 29.2 Å². The molecular weight excluding hydrogens is 308 g/mol. The Morgan fingerprint density at radius 3 is 2.41 bits per heavy atom. The first-order chi connectivity index (χ1) is 10.3. The molecule has 0 amide bonds. The predicted octanol–water partition coefficient (Wildman–Crippen LogP) is 1.01. The molecule has 1 aromatic carbocycles. The van der Waals surface area contributed by atoms with Gasteiger partial charge in [0.05, 0.1) is 16.5 Å². The molecule has 0 aromatic heterocycles. The third-order valence-electron chi connectivity index (χ3n) is 2.79. The van der Waals surface area contributed by atoms with Crippen molar-refractivity contribution in [3.63, 3.8) is 0 Å². The number of carbonyl (C=O) groups is 2. The monoisotopic (exact) mass is 324 g/mol. The molecule has 1 N–H and O–H groups in total. The molecule has 0 heterocycles. The Balaban J connectivity index is 2.80. The van der Waals surface area contributed by atoms with Crippen molar-refractivity contribution in [2.75, 3.05) is 6.54 Å². The highest BCUT2D eigenvalue weighted by molar-refractivity contribution is 7.89. The molecule has 0 bridgehead atoms. The number of carbonyl (C=O) groups excluding carboxylic acids is 2. The summed E-state index contributed by atoms with van der Waals surface area (Å²) in [4.78, 5) is 22.8. The summed E-state index contributed by atoms with van der Waals surface area (Å²) in [6, 6.07) is 6.93. The van der Waals surface area contributed by atoms with E-state index < -0.39 is 22.1 Å². The van der Waals surface area contributed by atoms with Crippen molar-refractivity contribution in [1.29, 1.82) is 5.26 Å². The van der Waals surface area contributed by atoms with Crippen molar-refractivity contribution in [2.24, 2.45) is 0 Å². The standard InChI is InChI=1S/C14H16N2O5S/c1-10(17)11(2)21-14(18)12-4-6-13(7-5-12)22(19,20)16-9-3-8-15/h4-7,11,16H,3,9H2,1-2H3/t11-/m0/s1. The Kier molecular flexibility index (Phi) is 6.22. The molecule has 118 valence electrons. The summed E-state index contributed by atoms with van der Waals surface area (Å²) < 4.78 is 30.9. The van der Waals surface area contributed by atoms with Crippen LogP contribution in [0.2, 0.25) is 0 Å². The number of ether oxygens (including phenoxy) is 1. The predicted molar refractivity (Wildman–Crippen MR) is 77.4 cm³/mol. The van der Waals surface area contributed by atoms with Crippen LogP contribution in [0.5, 0.6) is 0 Å². The van der Waals surface area contributed by atoms with E-state index in [2.05, 4.69) is 4.72 Å². The molecule has 0 saturated carbocycles. The Morgan fingerprint density at radius 2 is 1.91 bits per heavy atom. The Labute approximate surface area is 128 Å². The summed E-state index contributed by atoms with van der Waals surface area (Å²) in [5, 5.41) is 8.38. The lowest BCUT2D eigenvalue weighted by molar-refractivity contribution is -0.124. The fraction of sp³-hybridized carbons (Fsp3) is 0.357. The van der Waals surface area contributed by atoms with Crippen molar-refractivity contribution >= 4 is 21.8 Å². The Bertz CT molecular complexity index is 689. The molecule has 0 radical (unpaired) electrons. The van der Waals surface area contributed by atoms with E-state index in [0.717, 1.165) is 0 Å². The summed E-state index contributed by atoms with van der Waals surface area (Å²) in [6.45, 7) is 2.78. The van der Waals surface area contributed by atoms with Crippen LogP contribution in [-0.4, -0.2) is 32.8 Å². The maximum absolute atomic E-state index is 11.9. The fourth-order valence-corrected chi connectivity index (χ4v) is 2.44. The topological polar surface area (TPSA) is 113 Å². The van der Waals surface area contributed by atoms with Gasteiger partial charge in [-0.1, -0.05) is 0 Å². The van der Waals surface area contributed by atoms with Crippen molar-refractivity contribution in [2.45, 2.75) is 31.3 Å². The molecule has 0 unspecified atom stereocenters. The first-order valence-electron chi connectivity index (χ1n) is 6.46. The summed E-state index contributed by atoms with van der Waals surface area (Å²) in [5.41, 5.74) is 0.143. The van der Waals surface area contributed by atoms with E-state index >= 15 is 0 Å². The van der Waals surface area contributed by atoms with Crippen LogP contribution < -0.4 is 4.72 Å². The largest absolute Gasteiger partial charge is 0.451 e. The molecule has 22 heavy (non-hydrogen) atoms. The van der Waals surface area contributed by atoms with Crippen molar-refractivity contribution in [1.82, 2.24) is 4.72 Å². The number of nitriles is 1. The maximum Gasteiger partial charge on any atom is 0.338 e. The van der Waals surface area contributed by atoms with Gasteiger partial charge in [-0.25, -0.2) is 17.9 Å². The third kappa shape index (κ3) is 4.95. The summed E-state index contributed by atoms with van der Waals surface area (Å²) in [6.07, 6.45) is -0.796. The molecule has 0 saturated heterocycles. The van der Waals surface area contributed by atoms with Gasteiger partial charge in [0.15, 0.2) is 11.9 Å². The minimum Gasteiger partial charge on any atom is -0.451 e. The summed E-state index contributed by atoms with van der Waals surface area (Å²) in [5.74, 6) is -0.988. The highest BCUT2D eigenvalue weighted by Gasteiger charge is 2.17. The summed E-state index contributed by atoms with van der Waals surface area (Å²) >= 11 is 0. The van der Waals surface area contributed by atoms with E-state index in [1.807, 2.05) is 6.07 Å². The van der Waals surface area contributed by atoms with Crippen LogP contribution in [0.4, 0.5) is 0 Å². The van der Waals surface area contributed by atoms with Crippen LogP contribution in [0.3, 0.4) is 0 Å². The number of esters is 1. The minimum atomic E-state index is -3.72. The minimum absolute atomic E-state index is 0.0127. The lowest BCUT2D eigenvalue weighted by Gasteiger charge is -2.10. The van der Waals surface area contributed by atoms with E-state index in [4.69, 9.17) is 10.00 Å². The molecule has 0 aliphatic heterocycles. The lowest BCUT2D eigenvalue weighted by atomic mass is 10.2. The van der Waals surface area contributed by atoms with Crippen LogP contribution in [0.15, 0.2) is 29.2 Å². The number of nitrogens with zero attached hydrogens (tertiary/aromatic N) is 1. The molecule has 0 fully saturated rings. The zero-order chi connectivity index (χ0) is 16.8. The van der Waals surface area contributed by atoms with Crippen LogP contribution in [-0.2, 0) is 19.6 Å². The van der Waals surface area contributed by atoms with Gasteiger partial charge in [-0.15, -0.1) is 0 Å². The molecule has 8 heteroatoms. The number of Topliss-reactive ketones (excluding diaryl/α,β-unsaturated/α-hetero) is 1. The average molecular weight is 324 g/mol. The quantitative estimate of drug-likeness (QED) is 0.591. The molecular formula is C14H16N2O5S. The van der Waals surface area contributed by atoms with Crippen LogP contribution in [0, 0.1) is 11.3 Å². The van der Waals surface area contributed by atoms with Crippen LogP contribution in [0.25, 0.3) is 0 Å². The highest BCUT2D eigenvalue weighted by Crippen LogP contribution is 2.12. The number of hydrogen-bond donors (Lipinski definition) is 1.